The highest BCUT2D eigenvalue weighted by Gasteiger charge is 2.24. The fraction of sp³-hybridized carbons (Fsp3) is 0.0769. The molecule has 0 bridgehead atoms. The molecule has 27 heavy (non-hydrogen) atoms. The van der Waals surface area contributed by atoms with Crippen LogP contribution in [-0.4, -0.2) is 0 Å². The number of aryl methyl sites for hydroxylation is 1. The predicted molar refractivity (Wildman–Crippen MR) is 112 cm³/mol. The monoisotopic (exact) mass is 346 g/mol. The van der Waals surface area contributed by atoms with E-state index in [-0.39, 0.29) is 0 Å². The summed E-state index contributed by atoms with van der Waals surface area (Å²) in [6.45, 7) is 2.21. The van der Waals surface area contributed by atoms with Gasteiger partial charge in [0.1, 0.15) is 11.2 Å². The van der Waals surface area contributed by atoms with Gasteiger partial charge in [0.05, 0.1) is 0 Å². The van der Waals surface area contributed by atoms with Gasteiger partial charge in [-0.1, -0.05) is 72.8 Å². The van der Waals surface area contributed by atoms with Gasteiger partial charge in [0, 0.05) is 16.3 Å². The van der Waals surface area contributed by atoms with Crippen LogP contribution in [0.3, 0.4) is 0 Å². The van der Waals surface area contributed by atoms with E-state index in [0.717, 1.165) is 17.6 Å². The van der Waals surface area contributed by atoms with E-state index in [2.05, 4.69) is 73.7 Å². The molecule has 1 aliphatic carbocycles. The van der Waals surface area contributed by atoms with Crippen molar-refractivity contribution in [3.63, 3.8) is 0 Å². The quantitative estimate of drug-likeness (QED) is 0.308. The second kappa shape index (κ2) is 5.34. The SMILES string of the molecule is Cc1cccc2c1Cc1c-2cccc1-c1cccc2c1oc1ccccc12. The molecular weight excluding hydrogens is 328 g/mol. The first-order valence-corrected chi connectivity index (χ1v) is 9.42. The first kappa shape index (κ1) is 14.8. The minimum atomic E-state index is 0.951. The Morgan fingerprint density at radius 1 is 0.593 bits per heavy atom. The topological polar surface area (TPSA) is 13.1 Å². The molecule has 0 fully saturated rings. The zero-order valence-electron chi connectivity index (χ0n) is 15.1. The molecule has 1 nitrogen and oxygen atoms in total. The van der Waals surface area contributed by atoms with Crippen molar-refractivity contribution < 1.29 is 4.42 Å². The Kier molecular flexibility index (Phi) is 2.93. The standard InChI is InChI=1S/C26H18O/c1-16-7-4-9-17-18-10-5-11-19(24(18)15-23(16)17)21-12-6-13-22-20-8-2-3-14-25(20)27-26(21)22/h2-14H,15H2,1H3. The van der Waals surface area contributed by atoms with Gasteiger partial charge >= 0.3 is 0 Å². The van der Waals surface area contributed by atoms with E-state index in [1.165, 1.54) is 49.7 Å². The maximum Gasteiger partial charge on any atom is 0.143 e. The van der Waals surface area contributed by atoms with Crippen molar-refractivity contribution in [2.45, 2.75) is 13.3 Å². The van der Waals surface area contributed by atoms with E-state index < -0.39 is 0 Å². The van der Waals surface area contributed by atoms with Gasteiger partial charge in [0.2, 0.25) is 0 Å². The first-order chi connectivity index (χ1) is 13.3. The van der Waals surface area contributed by atoms with Crippen molar-refractivity contribution in [2.75, 3.05) is 0 Å². The molecule has 128 valence electrons. The van der Waals surface area contributed by atoms with Gasteiger partial charge in [-0.05, 0) is 52.8 Å². The molecule has 5 aromatic rings. The number of furan rings is 1. The molecular formula is C26H18O. The summed E-state index contributed by atoms with van der Waals surface area (Å²) in [6, 6.07) is 28.1. The second-order valence-electron chi connectivity index (χ2n) is 7.39. The third-order valence-corrected chi connectivity index (χ3v) is 5.92. The number of para-hydroxylation sites is 2. The smallest absolute Gasteiger partial charge is 0.143 e. The molecule has 0 aliphatic heterocycles. The van der Waals surface area contributed by atoms with Crippen LogP contribution >= 0.6 is 0 Å². The average Bonchev–Trinajstić information content (AvgIpc) is 3.27. The summed E-state index contributed by atoms with van der Waals surface area (Å²) in [5.74, 6) is 0. The predicted octanol–water partition coefficient (Wildman–Crippen LogP) is 7.13. The largest absolute Gasteiger partial charge is 0.455 e. The van der Waals surface area contributed by atoms with E-state index in [1.807, 2.05) is 12.1 Å². The van der Waals surface area contributed by atoms with E-state index in [9.17, 15) is 0 Å². The van der Waals surface area contributed by atoms with Crippen molar-refractivity contribution in [3.8, 4) is 22.3 Å². The van der Waals surface area contributed by atoms with Crippen LogP contribution in [-0.2, 0) is 6.42 Å². The first-order valence-electron chi connectivity index (χ1n) is 9.42. The van der Waals surface area contributed by atoms with Crippen molar-refractivity contribution >= 4 is 21.9 Å². The molecule has 0 spiro atoms. The Labute approximate surface area is 157 Å². The number of rotatable bonds is 1. The molecule has 0 N–H and O–H groups in total. The Balaban J connectivity index is 1.65. The maximum absolute atomic E-state index is 6.30. The molecule has 0 saturated heterocycles. The normalized spacial score (nSPS) is 12.5. The minimum absolute atomic E-state index is 0.951. The highest BCUT2D eigenvalue weighted by atomic mass is 16.3. The summed E-state index contributed by atoms with van der Waals surface area (Å²) >= 11 is 0. The average molecular weight is 346 g/mol. The van der Waals surface area contributed by atoms with Crippen LogP contribution < -0.4 is 0 Å². The van der Waals surface area contributed by atoms with Crippen molar-refractivity contribution in [1.29, 1.82) is 0 Å². The Bertz CT molecular complexity index is 1350. The number of fused-ring (bicyclic) bond motifs is 6. The zero-order valence-corrected chi connectivity index (χ0v) is 15.1. The number of hydrogen-bond donors (Lipinski definition) is 0. The lowest BCUT2D eigenvalue weighted by Gasteiger charge is -2.09. The molecule has 0 atom stereocenters. The lowest BCUT2D eigenvalue weighted by Crippen LogP contribution is -1.89. The van der Waals surface area contributed by atoms with E-state index in [1.54, 1.807) is 0 Å². The summed E-state index contributed by atoms with van der Waals surface area (Å²) in [5, 5.41) is 2.37. The molecule has 0 radical (unpaired) electrons. The van der Waals surface area contributed by atoms with Gasteiger partial charge in [-0.2, -0.15) is 0 Å². The lowest BCUT2D eigenvalue weighted by molar-refractivity contribution is 0.670. The Morgan fingerprint density at radius 3 is 2.11 bits per heavy atom. The van der Waals surface area contributed by atoms with Crippen molar-refractivity contribution in [1.82, 2.24) is 0 Å². The summed E-state index contributed by atoms with van der Waals surface area (Å²) < 4.78 is 6.30. The molecule has 4 aromatic carbocycles. The minimum Gasteiger partial charge on any atom is -0.455 e. The zero-order chi connectivity index (χ0) is 18.0. The summed E-state index contributed by atoms with van der Waals surface area (Å²) in [5.41, 5.74) is 11.4. The molecule has 0 unspecified atom stereocenters. The van der Waals surface area contributed by atoms with Gasteiger partial charge < -0.3 is 4.42 Å². The van der Waals surface area contributed by atoms with Crippen LogP contribution in [0.2, 0.25) is 0 Å². The van der Waals surface area contributed by atoms with Crippen LogP contribution in [0.4, 0.5) is 0 Å². The van der Waals surface area contributed by atoms with Gasteiger partial charge in [0.15, 0.2) is 0 Å². The number of benzene rings is 4. The lowest BCUT2D eigenvalue weighted by atomic mass is 9.94. The van der Waals surface area contributed by atoms with Gasteiger partial charge in [0.25, 0.3) is 0 Å². The fourth-order valence-electron chi connectivity index (χ4n) is 4.61. The highest BCUT2D eigenvalue weighted by molar-refractivity contribution is 6.10. The summed E-state index contributed by atoms with van der Waals surface area (Å²) in [6.07, 6.45) is 0.990. The fourth-order valence-corrected chi connectivity index (χ4v) is 4.61. The Morgan fingerprint density at radius 2 is 1.22 bits per heavy atom. The van der Waals surface area contributed by atoms with Gasteiger partial charge in [-0.15, -0.1) is 0 Å². The van der Waals surface area contributed by atoms with Gasteiger partial charge in [-0.3, -0.25) is 0 Å². The van der Waals surface area contributed by atoms with Crippen LogP contribution in [0.5, 0.6) is 0 Å². The molecule has 0 amide bonds. The van der Waals surface area contributed by atoms with E-state index >= 15 is 0 Å². The Hall–Kier alpha value is -3.32. The summed E-state index contributed by atoms with van der Waals surface area (Å²) in [4.78, 5) is 0. The van der Waals surface area contributed by atoms with E-state index in [0.29, 0.717) is 0 Å². The molecule has 1 heteroatoms. The highest BCUT2D eigenvalue weighted by Crippen LogP contribution is 2.44. The molecule has 1 aliphatic rings. The number of hydrogen-bond acceptors (Lipinski definition) is 1. The summed E-state index contributed by atoms with van der Waals surface area (Å²) in [7, 11) is 0. The molecule has 1 aromatic heterocycles. The van der Waals surface area contributed by atoms with Gasteiger partial charge in [-0.25, -0.2) is 0 Å². The molecule has 1 heterocycles. The molecule has 0 saturated carbocycles. The van der Waals surface area contributed by atoms with Crippen LogP contribution in [0.15, 0.2) is 83.3 Å². The maximum atomic E-state index is 6.30. The molecule has 6 rings (SSSR count). The van der Waals surface area contributed by atoms with Crippen LogP contribution in [0.25, 0.3) is 44.2 Å². The third-order valence-electron chi connectivity index (χ3n) is 5.92. The third kappa shape index (κ3) is 2.00. The van der Waals surface area contributed by atoms with Crippen LogP contribution in [0, 0.1) is 6.92 Å². The second-order valence-corrected chi connectivity index (χ2v) is 7.39. The van der Waals surface area contributed by atoms with Crippen LogP contribution in [0.1, 0.15) is 16.7 Å². The van der Waals surface area contributed by atoms with Crippen molar-refractivity contribution in [3.05, 3.63) is 95.6 Å². The van der Waals surface area contributed by atoms with E-state index in [4.69, 9.17) is 4.42 Å². The van der Waals surface area contributed by atoms with Crippen molar-refractivity contribution in [2.24, 2.45) is 0 Å².